The summed E-state index contributed by atoms with van der Waals surface area (Å²) in [7, 11) is 0.750. The van der Waals surface area contributed by atoms with Gasteiger partial charge in [0.25, 0.3) is 0 Å². The number of pyridine rings is 1. The van der Waals surface area contributed by atoms with Crippen molar-refractivity contribution in [3.8, 4) is 6.07 Å². The molecule has 94 valence electrons. The molecule has 0 amide bonds. The van der Waals surface area contributed by atoms with Crippen molar-refractivity contribution in [3.63, 3.8) is 0 Å². The van der Waals surface area contributed by atoms with Crippen LogP contribution in [0.4, 0.5) is 0 Å². The molecule has 0 aromatic carbocycles. The third-order valence-electron chi connectivity index (χ3n) is 2.45. The molecule has 0 bridgehead atoms. The fourth-order valence-corrected chi connectivity index (χ4v) is 1.80. The molecule has 0 atom stereocenters. The van der Waals surface area contributed by atoms with Crippen molar-refractivity contribution in [2.75, 3.05) is 13.7 Å². The van der Waals surface area contributed by atoms with Crippen molar-refractivity contribution in [2.45, 2.75) is 6.92 Å². The molecule has 1 aliphatic heterocycles. The van der Waals surface area contributed by atoms with Crippen LogP contribution in [0, 0.1) is 16.2 Å². The van der Waals surface area contributed by atoms with Crippen molar-refractivity contribution >= 4 is 35.1 Å². The number of nitroso groups, excluding NO2 is 1. The van der Waals surface area contributed by atoms with Crippen LogP contribution in [0.5, 0.6) is 0 Å². The molecule has 0 saturated carbocycles. The first-order valence-electron chi connectivity index (χ1n) is 5.29. The minimum absolute atomic E-state index is 0. The van der Waals surface area contributed by atoms with Crippen LogP contribution in [-0.4, -0.2) is 53.0 Å². The third kappa shape index (κ3) is 4.37. The van der Waals surface area contributed by atoms with E-state index < -0.39 is 0 Å². The van der Waals surface area contributed by atoms with Crippen LogP contribution in [0.25, 0.3) is 5.57 Å². The molecule has 0 saturated heterocycles. The first-order valence-corrected chi connectivity index (χ1v) is 5.29. The summed E-state index contributed by atoms with van der Waals surface area (Å²) in [4.78, 5) is 15.2. The summed E-state index contributed by atoms with van der Waals surface area (Å²) < 4.78 is 0.776. The van der Waals surface area contributed by atoms with Gasteiger partial charge in [-0.3, -0.25) is 4.98 Å². The molecule has 19 heavy (non-hydrogen) atoms. The summed E-state index contributed by atoms with van der Waals surface area (Å²) in [5.41, 5.74) is 3.08. The number of allylic oxidation sites excluding steroid dienone is 2. The Morgan fingerprint density at radius 2 is 1.95 bits per heavy atom. The summed E-state index contributed by atoms with van der Waals surface area (Å²) in [5.74, 6) is 0. The van der Waals surface area contributed by atoms with E-state index >= 15 is 0 Å². The molecule has 6 heteroatoms. The molecule has 1 aliphatic rings. The minimum atomic E-state index is 0. The molecule has 0 radical (unpaired) electrons. The Bertz CT molecular complexity index is 545. The summed E-state index contributed by atoms with van der Waals surface area (Å²) in [5, 5.41) is 17.3. The Morgan fingerprint density at radius 3 is 2.47 bits per heavy atom. The van der Waals surface area contributed by atoms with Crippen LogP contribution < -0.4 is 5.11 Å². The third-order valence-corrected chi connectivity index (χ3v) is 2.45. The van der Waals surface area contributed by atoms with Crippen LogP contribution in [0.1, 0.15) is 12.5 Å². The van der Waals surface area contributed by atoms with E-state index in [4.69, 9.17) is 10.4 Å². The second-order valence-electron chi connectivity index (χ2n) is 3.62. The van der Waals surface area contributed by atoms with E-state index in [-0.39, 0.29) is 29.6 Å². The number of aromatic nitrogens is 1. The topological polar surface area (TPSA) is 79.8 Å². The van der Waals surface area contributed by atoms with E-state index in [1.165, 1.54) is 6.20 Å². The average molecular weight is 267 g/mol. The maximum absolute atomic E-state index is 11.3. The zero-order valence-electron chi connectivity index (χ0n) is 10.3. The molecule has 0 aliphatic carbocycles. The molecule has 1 aromatic heterocycles. The predicted octanol–water partition coefficient (Wildman–Crippen LogP) is 0.383. The van der Waals surface area contributed by atoms with Crippen molar-refractivity contribution in [1.82, 2.24) is 4.98 Å². The van der Waals surface area contributed by atoms with E-state index in [1.807, 2.05) is 19.1 Å². The second kappa shape index (κ2) is 8.73. The molecule has 0 fully saturated rings. The molecular weight excluding hydrogens is 253 g/mol. The molecule has 2 heterocycles. The van der Waals surface area contributed by atoms with Crippen molar-refractivity contribution in [2.24, 2.45) is 0 Å². The molecule has 0 spiro atoms. The average Bonchev–Trinajstić information content (AvgIpc) is 2.41. The summed E-state index contributed by atoms with van der Waals surface area (Å²) in [6.07, 6.45) is 4.69. The van der Waals surface area contributed by atoms with Crippen LogP contribution in [-0.2, 0) is 0 Å². The molecular formula is C13H14N3NaO2. The quantitative estimate of drug-likeness (QED) is 0.544. The normalized spacial score (nSPS) is 13.6. The van der Waals surface area contributed by atoms with Gasteiger partial charge >= 0.3 is 29.6 Å². The van der Waals surface area contributed by atoms with Crippen LogP contribution >= 0.6 is 0 Å². The van der Waals surface area contributed by atoms with Crippen LogP contribution in [0.2, 0.25) is 0 Å². The molecule has 0 unspecified atom stereocenters. The molecule has 2 rings (SSSR count). The van der Waals surface area contributed by atoms with Gasteiger partial charge in [-0.25, -0.2) is 0 Å². The molecule has 5 nitrogen and oxygen atoms in total. The fourth-order valence-electron chi connectivity index (χ4n) is 1.80. The number of hydrogen-bond acceptors (Lipinski definition) is 4. The Labute approximate surface area is 134 Å². The van der Waals surface area contributed by atoms with Crippen molar-refractivity contribution in [3.05, 3.63) is 52.3 Å². The summed E-state index contributed by atoms with van der Waals surface area (Å²) in [6, 6.07) is 5.73. The van der Waals surface area contributed by atoms with E-state index in [9.17, 15) is 4.91 Å². The van der Waals surface area contributed by atoms with E-state index in [0.29, 0.717) is 12.1 Å². The number of hydrogen-bond donors (Lipinski definition) is 0. The van der Waals surface area contributed by atoms with E-state index in [0.717, 1.165) is 28.6 Å². The van der Waals surface area contributed by atoms with Gasteiger partial charge in [0.15, 0.2) is 0 Å². The Balaban J connectivity index is 0.00000103. The van der Waals surface area contributed by atoms with Gasteiger partial charge in [-0.2, -0.15) is 12.4 Å². The Morgan fingerprint density at radius 1 is 1.37 bits per heavy atom. The van der Waals surface area contributed by atoms with Gasteiger partial charge in [0.2, 0.25) is 12.7 Å². The summed E-state index contributed by atoms with van der Waals surface area (Å²) >= 11 is 0. The number of rotatable bonds is 1. The van der Waals surface area contributed by atoms with Gasteiger partial charge in [-0.05, 0) is 24.6 Å². The second-order valence-corrected chi connectivity index (χ2v) is 3.62. The van der Waals surface area contributed by atoms with Gasteiger partial charge in [0, 0.05) is 33.2 Å². The van der Waals surface area contributed by atoms with Crippen LogP contribution in [0.15, 0.2) is 41.9 Å². The number of nitrogens with zero attached hydrogens (tertiary/aromatic N) is 3. The monoisotopic (exact) mass is 267 g/mol. The fraction of sp³-hybridized carbons (Fsp3) is 0.231. The van der Waals surface area contributed by atoms with E-state index in [2.05, 4.69) is 11.1 Å². The van der Waals surface area contributed by atoms with Crippen molar-refractivity contribution in [1.29, 1.82) is 5.26 Å². The van der Waals surface area contributed by atoms with Gasteiger partial charge in [-0.1, -0.05) is 0 Å². The predicted molar refractivity (Wildman–Crippen MR) is 72.1 cm³/mol. The Kier molecular flexibility index (Phi) is 8.12. The van der Waals surface area contributed by atoms with Gasteiger partial charge < -0.3 is 5.11 Å². The van der Waals surface area contributed by atoms with Crippen molar-refractivity contribution < 1.29 is 9.87 Å². The first kappa shape index (κ1) is 17.7. The molecule has 0 N–H and O–H groups in total. The number of nitriles is 1. The zero-order chi connectivity index (χ0) is 13.5. The SMILES string of the molecule is CC1=C(c2ccncc2)C(C#N)=C[N+](=O)C1.C[O-].[NaH]. The van der Waals surface area contributed by atoms with Gasteiger partial charge in [0.1, 0.15) is 11.6 Å². The molecule has 1 aromatic rings. The van der Waals surface area contributed by atoms with Gasteiger partial charge in [-0.15, -0.1) is 0 Å². The zero-order valence-corrected chi connectivity index (χ0v) is 10.3. The summed E-state index contributed by atoms with van der Waals surface area (Å²) in [6.45, 7) is 2.17. The first-order chi connectivity index (χ1) is 8.72. The van der Waals surface area contributed by atoms with Gasteiger partial charge in [0.05, 0.1) is 0 Å². The standard InChI is InChI=1S/C12H10N3O.CH3O.Na.H/c1-9-7-15(16)8-11(6-13)12(9)10-2-4-14-5-3-10;1-2;;/h2-5,8H,7H2,1H3;1H3;;/q+1;-1;;. The van der Waals surface area contributed by atoms with E-state index in [1.54, 1.807) is 12.4 Å². The van der Waals surface area contributed by atoms with Crippen LogP contribution in [0.3, 0.4) is 0 Å². The maximum atomic E-state index is 11.3. The Hall–Kier alpha value is -1.32.